The molecule has 4 aromatic rings. The van der Waals surface area contributed by atoms with Crippen LogP contribution >= 0.6 is 11.3 Å². The fraction of sp³-hybridized carbons (Fsp3) is 0.107. The summed E-state index contributed by atoms with van der Waals surface area (Å²) in [5, 5.41) is 7.83. The molecule has 0 unspecified atom stereocenters. The average molecular weight is 482 g/mol. The van der Waals surface area contributed by atoms with E-state index < -0.39 is 23.4 Å². The lowest BCUT2D eigenvalue weighted by Gasteiger charge is -2.28. The van der Waals surface area contributed by atoms with Crippen molar-refractivity contribution in [1.82, 2.24) is 15.5 Å². The number of rotatable bonds is 7. The van der Waals surface area contributed by atoms with Gasteiger partial charge in [0.1, 0.15) is 6.54 Å². The summed E-state index contributed by atoms with van der Waals surface area (Å²) in [4.78, 5) is 42.0. The number of carbonyl (C=O) groups is 3. The maximum absolute atomic E-state index is 13.8. The highest BCUT2D eigenvalue weighted by molar-refractivity contribution is 7.10. The molecule has 1 aliphatic heterocycles. The molecule has 0 bridgehead atoms. The van der Waals surface area contributed by atoms with Crippen molar-refractivity contribution in [3.05, 3.63) is 130 Å². The zero-order chi connectivity index (χ0) is 24.3. The van der Waals surface area contributed by atoms with E-state index >= 15 is 0 Å². The van der Waals surface area contributed by atoms with E-state index in [1.54, 1.807) is 24.3 Å². The van der Waals surface area contributed by atoms with Gasteiger partial charge in [-0.1, -0.05) is 97.1 Å². The molecule has 0 radical (unpaired) electrons. The first kappa shape index (κ1) is 22.6. The number of imide groups is 1. The Bertz CT molecular complexity index is 1290. The van der Waals surface area contributed by atoms with Gasteiger partial charge in [-0.15, -0.1) is 11.3 Å². The highest BCUT2D eigenvalue weighted by Gasteiger charge is 2.54. The molecule has 3 aromatic carbocycles. The monoisotopic (exact) mass is 481 g/mol. The van der Waals surface area contributed by atoms with Gasteiger partial charge in [0.15, 0.2) is 5.54 Å². The molecule has 2 N–H and O–H groups in total. The number of urea groups is 1. The lowest BCUT2D eigenvalue weighted by Crippen LogP contribution is -2.46. The minimum Gasteiger partial charge on any atom is -0.343 e. The van der Waals surface area contributed by atoms with E-state index in [0.717, 1.165) is 15.3 Å². The number of thiophene rings is 1. The summed E-state index contributed by atoms with van der Waals surface area (Å²) in [6.07, 6.45) is 0. The lowest BCUT2D eigenvalue weighted by atomic mass is 9.82. The number of amides is 4. The number of hydrogen-bond donors (Lipinski definition) is 2. The standard InChI is InChI=1S/C28H23N3O3S/c32-24(29-25(23-17-10-18-35-23)20-11-4-1-5-12-20)19-31-26(33)28(30-27(31)34,21-13-6-2-7-14-21)22-15-8-3-9-16-22/h1-18,25H,19H2,(H,29,32)(H,30,34)/t25-/m1/s1. The Morgan fingerprint density at radius 2 is 1.40 bits per heavy atom. The van der Waals surface area contributed by atoms with Gasteiger partial charge in [-0.05, 0) is 28.1 Å². The van der Waals surface area contributed by atoms with Gasteiger partial charge in [0.2, 0.25) is 5.91 Å². The summed E-state index contributed by atoms with van der Waals surface area (Å²) in [7, 11) is 0. The summed E-state index contributed by atoms with van der Waals surface area (Å²) in [6, 6.07) is 30.7. The molecule has 1 saturated heterocycles. The smallest absolute Gasteiger partial charge is 0.326 e. The summed E-state index contributed by atoms with van der Waals surface area (Å²) < 4.78 is 0. The Hall–Kier alpha value is -4.23. The summed E-state index contributed by atoms with van der Waals surface area (Å²) >= 11 is 1.53. The van der Waals surface area contributed by atoms with Gasteiger partial charge in [-0.25, -0.2) is 4.79 Å². The van der Waals surface area contributed by atoms with Crippen molar-refractivity contribution in [3.63, 3.8) is 0 Å². The molecule has 0 aliphatic carbocycles. The van der Waals surface area contributed by atoms with Gasteiger partial charge in [-0.2, -0.15) is 0 Å². The minimum atomic E-state index is -1.40. The number of nitrogens with zero attached hydrogens (tertiary/aromatic N) is 1. The maximum atomic E-state index is 13.8. The van der Waals surface area contributed by atoms with E-state index in [1.165, 1.54) is 11.3 Å². The van der Waals surface area contributed by atoms with Gasteiger partial charge in [0.05, 0.1) is 6.04 Å². The number of nitrogens with one attached hydrogen (secondary N) is 2. The predicted octanol–water partition coefficient (Wildman–Crippen LogP) is 4.45. The van der Waals surface area contributed by atoms with Crippen molar-refractivity contribution in [2.24, 2.45) is 0 Å². The van der Waals surface area contributed by atoms with Crippen molar-refractivity contribution < 1.29 is 14.4 Å². The normalized spacial score (nSPS) is 15.5. The fourth-order valence-electron chi connectivity index (χ4n) is 4.42. The molecule has 174 valence electrons. The van der Waals surface area contributed by atoms with Crippen molar-refractivity contribution in [2.45, 2.75) is 11.6 Å². The van der Waals surface area contributed by atoms with Crippen LogP contribution in [-0.4, -0.2) is 29.3 Å². The fourth-order valence-corrected chi connectivity index (χ4v) is 5.23. The molecule has 2 heterocycles. The van der Waals surface area contributed by atoms with Crippen molar-refractivity contribution in [3.8, 4) is 0 Å². The molecule has 0 spiro atoms. The van der Waals surface area contributed by atoms with Crippen LogP contribution in [0.25, 0.3) is 0 Å². The number of carbonyl (C=O) groups excluding carboxylic acids is 3. The number of hydrogen-bond acceptors (Lipinski definition) is 4. The first-order valence-corrected chi connectivity index (χ1v) is 12.1. The third-order valence-corrected chi connectivity index (χ3v) is 7.02. The summed E-state index contributed by atoms with van der Waals surface area (Å²) in [5.41, 5.74) is 0.789. The highest BCUT2D eigenvalue weighted by Crippen LogP contribution is 2.36. The molecule has 4 amide bonds. The molecule has 5 rings (SSSR count). The maximum Gasteiger partial charge on any atom is 0.326 e. The first-order valence-electron chi connectivity index (χ1n) is 11.2. The van der Waals surface area contributed by atoms with E-state index in [-0.39, 0.29) is 12.6 Å². The lowest BCUT2D eigenvalue weighted by molar-refractivity contribution is -0.134. The Balaban J connectivity index is 1.43. The zero-order valence-electron chi connectivity index (χ0n) is 18.8. The van der Waals surface area contributed by atoms with Crippen LogP contribution in [0, 0.1) is 0 Å². The molecular formula is C28H23N3O3S. The van der Waals surface area contributed by atoms with Gasteiger partial charge >= 0.3 is 6.03 Å². The molecule has 0 saturated carbocycles. The summed E-state index contributed by atoms with van der Waals surface area (Å²) in [5.74, 6) is -0.907. The van der Waals surface area contributed by atoms with Crippen molar-refractivity contribution in [1.29, 1.82) is 0 Å². The number of benzene rings is 3. The topological polar surface area (TPSA) is 78.5 Å². The van der Waals surface area contributed by atoms with E-state index in [1.807, 2.05) is 84.2 Å². The van der Waals surface area contributed by atoms with Crippen LogP contribution in [0.4, 0.5) is 4.79 Å². The molecule has 1 aliphatic rings. The van der Waals surface area contributed by atoms with Crippen molar-refractivity contribution >= 4 is 29.2 Å². The molecule has 1 aromatic heterocycles. The molecular weight excluding hydrogens is 458 g/mol. The minimum absolute atomic E-state index is 0.377. The van der Waals surface area contributed by atoms with Crippen LogP contribution in [0.15, 0.2) is 109 Å². The first-order chi connectivity index (χ1) is 17.1. The van der Waals surface area contributed by atoms with Crippen LogP contribution in [-0.2, 0) is 15.1 Å². The highest BCUT2D eigenvalue weighted by atomic mass is 32.1. The van der Waals surface area contributed by atoms with E-state index in [0.29, 0.717) is 11.1 Å². The van der Waals surface area contributed by atoms with Crippen molar-refractivity contribution in [2.75, 3.05) is 6.54 Å². The molecule has 1 fully saturated rings. The quantitative estimate of drug-likeness (QED) is 0.383. The third kappa shape index (κ3) is 4.22. The molecule has 35 heavy (non-hydrogen) atoms. The van der Waals surface area contributed by atoms with E-state index in [4.69, 9.17) is 0 Å². The largest absolute Gasteiger partial charge is 0.343 e. The average Bonchev–Trinajstić information content (AvgIpc) is 3.52. The predicted molar refractivity (Wildman–Crippen MR) is 135 cm³/mol. The van der Waals surface area contributed by atoms with Crippen LogP contribution in [0.2, 0.25) is 0 Å². The second-order valence-corrected chi connectivity index (χ2v) is 9.21. The van der Waals surface area contributed by atoms with Gasteiger partial charge in [-0.3, -0.25) is 14.5 Å². The second-order valence-electron chi connectivity index (χ2n) is 8.23. The summed E-state index contributed by atoms with van der Waals surface area (Å²) in [6.45, 7) is -0.388. The van der Waals surface area contributed by atoms with Crippen LogP contribution in [0.1, 0.15) is 27.6 Å². The van der Waals surface area contributed by atoms with Crippen LogP contribution in [0.5, 0.6) is 0 Å². The SMILES string of the molecule is O=C(CN1C(=O)NC(c2ccccc2)(c2ccccc2)C1=O)N[C@H](c1ccccc1)c1cccs1. The van der Waals surface area contributed by atoms with Gasteiger partial charge in [0.25, 0.3) is 5.91 Å². The van der Waals surface area contributed by atoms with Crippen LogP contribution in [0.3, 0.4) is 0 Å². The third-order valence-electron chi connectivity index (χ3n) is 6.09. The van der Waals surface area contributed by atoms with Gasteiger partial charge < -0.3 is 10.6 Å². The van der Waals surface area contributed by atoms with E-state index in [2.05, 4.69) is 10.6 Å². The molecule has 6 nitrogen and oxygen atoms in total. The van der Waals surface area contributed by atoms with Gasteiger partial charge in [0, 0.05) is 4.88 Å². The Labute approximate surface area is 207 Å². The molecule has 7 heteroatoms. The molecule has 1 atom stereocenters. The Morgan fingerprint density at radius 3 is 1.94 bits per heavy atom. The van der Waals surface area contributed by atoms with Crippen LogP contribution < -0.4 is 10.6 Å². The Kier molecular flexibility index (Phi) is 6.16. The zero-order valence-corrected chi connectivity index (χ0v) is 19.6. The second kappa shape index (κ2) is 9.56. The van der Waals surface area contributed by atoms with E-state index in [9.17, 15) is 14.4 Å². The Morgan fingerprint density at radius 1 is 0.829 bits per heavy atom.